The molecule has 2 rings (SSSR count). The highest BCUT2D eigenvalue weighted by Crippen LogP contribution is 2.28. The van der Waals surface area contributed by atoms with Crippen LogP contribution in [0.2, 0.25) is 0 Å². The van der Waals surface area contributed by atoms with Crippen molar-refractivity contribution in [2.75, 3.05) is 7.11 Å². The minimum Gasteiger partial charge on any atom is -0.493 e. The molecule has 25 heavy (non-hydrogen) atoms. The molecule has 0 unspecified atom stereocenters. The van der Waals surface area contributed by atoms with Gasteiger partial charge in [-0.2, -0.15) is 5.10 Å². The molecule has 0 bridgehead atoms. The van der Waals surface area contributed by atoms with E-state index in [0.29, 0.717) is 11.5 Å². The van der Waals surface area contributed by atoms with Crippen molar-refractivity contribution in [1.29, 1.82) is 0 Å². The number of amides is 1. The standard InChI is InChI=1S/C18H18N2O5/c1-12(21)20-19-10-13-6-7-16(17(9-13)24-2)25-11-14-4-3-5-15(8-14)18(22)23/h3-10H,11H2,1-2H3,(H,20,21)(H,22,23)/b19-10-. The number of carbonyl (C=O) groups excluding carboxylic acids is 1. The molecule has 0 aliphatic heterocycles. The van der Waals surface area contributed by atoms with Gasteiger partial charge in [0.2, 0.25) is 5.91 Å². The SMILES string of the molecule is COc1cc(/C=N\NC(C)=O)ccc1OCc1cccc(C(=O)O)c1. The Kier molecular flexibility index (Phi) is 6.11. The first-order chi connectivity index (χ1) is 12.0. The number of ether oxygens (including phenoxy) is 2. The molecule has 0 heterocycles. The predicted molar refractivity (Wildman–Crippen MR) is 92.1 cm³/mol. The zero-order valence-corrected chi connectivity index (χ0v) is 13.9. The van der Waals surface area contributed by atoms with E-state index in [0.717, 1.165) is 11.1 Å². The summed E-state index contributed by atoms with van der Waals surface area (Å²) < 4.78 is 11.0. The average Bonchev–Trinajstić information content (AvgIpc) is 2.60. The maximum Gasteiger partial charge on any atom is 0.335 e. The van der Waals surface area contributed by atoms with E-state index in [1.165, 1.54) is 26.3 Å². The molecule has 0 radical (unpaired) electrons. The summed E-state index contributed by atoms with van der Waals surface area (Å²) in [5.74, 6) is -0.227. The Bertz CT molecular complexity index is 802. The number of hydrogen-bond acceptors (Lipinski definition) is 5. The molecule has 0 aliphatic rings. The van der Waals surface area contributed by atoms with Crippen LogP contribution in [0.3, 0.4) is 0 Å². The van der Waals surface area contributed by atoms with Crippen molar-refractivity contribution in [1.82, 2.24) is 5.43 Å². The topological polar surface area (TPSA) is 97.2 Å². The van der Waals surface area contributed by atoms with Crippen molar-refractivity contribution < 1.29 is 24.2 Å². The number of carboxylic acid groups (broad SMARTS) is 1. The number of hydrogen-bond donors (Lipinski definition) is 2. The first-order valence-electron chi connectivity index (χ1n) is 7.42. The van der Waals surface area contributed by atoms with Gasteiger partial charge in [-0.3, -0.25) is 4.79 Å². The summed E-state index contributed by atoms with van der Waals surface area (Å²) >= 11 is 0. The lowest BCUT2D eigenvalue weighted by Gasteiger charge is -2.11. The second-order valence-electron chi connectivity index (χ2n) is 5.13. The molecule has 2 N–H and O–H groups in total. The summed E-state index contributed by atoms with van der Waals surface area (Å²) in [5, 5.41) is 12.8. The number of rotatable bonds is 7. The van der Waals surface area contributed by atoms with Gasteiger partial charge in [0.05, 0.1) is 18.9 Å². The fourth-order valence-electron chi connectivity index (χ4n) is 2.04. The van der Waals surface area contributed by atoms with E-state index in [9.17, 15) is 9.59 Å². The molecular formula is C18H18N2O5. The molecule has 1 amide bonds. The van der Waals surface area contributed by atoms with E-state index in [2.05, 4.69) is 10.5 Å². The Labute approximate surface area is 144 Å². The Morgan fingerprint density at radius 2 is 2.00 bits per heavy atom. The molecule has 0 spiro atoms. The quantitative estimate of drug-likeness (QED) is 0.595. The Hall–Kier alpha value is -3.35. The average molecular weight is 342 g/mol. The third-order valence-corrected chi connectivity index (χ3v) is 3.19. The summed E-state index contributed by atoms with van der Waals surface area (Å²) in [5.41, 5.74) is 3.99. The van der Waals surface area contributed by atoms with Crippen molar-refractivity contribution in [3.63, 3.8) is 0 Å². The highest BCUT2D eigenvalue weighted by atomic mass is 16.5. The van der Waals surface area contributed by atoms with Gasteiger partial charge in [-0.25, -0.2) is 10.2 Å². The van der Waals surface area contributed by atoms with Crippen LogP contribution >= 0.6 is 0 Å². The minimum absolute atomic E-state index is 0.205. The lowest BCUT2D eigenvalue weighted by Crippen LogP contribution is -2.12. The van der Waals surface area contributed by atoms with Gasteiger partial charge < -0.3 is 14.6 Å². The Balaban J connectivity index is 2.09. The zero-order chi connectivity index (χ0) is 18.2. The smallest absolute Gasteiger partial charge is 0.335 e. The molecule has 0 aliphatic carbocycles. The third kappa shape index (κ3) is 5.35. The molecule has 2 aromatic rings. The van der Waals surface area contributed by atoms with Crippen LogP contribution in [-0.2, 0) is 11.4 Å². The lowest BCUT2D eigenvalue weighted by molar-refractivity contribution is -0.118. The van der Waals surface area contributed by atoms with Gasteiger partial charge in [0.25, 0.3) is 0 Å². The van der Waals surface area contributed by atoms with Crippen LogP contribution in [0.5, 0.6) is 11.5 Å². The number of nitrogens with zero attached hydrogens (tertiary/aromatic N) is 1. The first-order valence-corrected chi connectivity index (χ1v) is 7.42. The monoisotopic (exact) mass is 342 g/mol. The second kappa shape index (κ2) is 8.49. The molecule has 0 saturated heterocycles. The van der Waals surface area contributed by atoms with E-state index in [-0.39, 0.29) is 18.1 Å². The highest BCUT2D eigenvalue weighted by Gasteiger charge is 2.07. The Morgan fingerprint density at radius 3 is 2.68 bits per heavy atom. The van der Waals surface area contributed by atoms with Gasteiger partial charge in [-0.1, -0.05) is 12.1 Å². The highest BCUT2D eigenvalue weighted by molar-refractivity contribution is 5.87. The predicted octanol–water partition coefficient (Wildman–Crippen LogP) is 2.44. The van der Waals surface area contributed by atoms with Gasteiger partial charge in [0.1, 0.15) is 6.61 Å². The molecule has 0 atom stereocenters. The normalized spacial score (nSPS) is 10.5. The molecule has 7 nitrogen and oxygen atoms in total. The van der Waals surface area contributed by atoms with Crippen LogP contribution in [-0.4, -0.2) is 30.3 Å². The van der Waals surface area contributed by atoms with E-state index in [1.54, 1.807) is 36.4 Å². The number of methoxy groups -OCH3 is 1. The largest absolute Gasteiger partial charge is 0.493 e. The maximum absolute atomic E-state index is 11.0. The van der Waals surface area contributed by atoms with E-state index in [4.69, 9.17) is 14.6 Å². The van der Waals surface area contributed by atoms with Crippen LogP contribution in [0.25, 0.3) is 0 Å². The van der Waals surface area contributed by atoms with Crippen LogP contribution in [0.4, 0.5) is 0 Å². The van der Waals surface area contributed by atoms with Crippen LogP contribution in [0.1, 0.15) is 28.4 Å². The number of nitrogens with one attached hydrogen (secondary N) is 1. The zero-order valence-electron chi connectivity index (χ0n) is 13.9. The van der Waals surface area contributed by atoms with Crippen molar-refractivity contribution in [2.24, 2.45) is 5.10 Å². The first kappa shape index (κ1) is 18.0. The molecule has 0 saturated carbocycles. The van der Waals surface area contributed by atoms with E-state index >= 15 is 0 Å². The molecular weight excluding hydrogens is 324 g/mol. The number of carboxylic acids is 1. The summed E-state index contributed by atoms with van der Waals surface area (Å²) in [6.07, 6.45) is 1.49. The van der Waals surface area contributed by atoms with Gasteiger partial charge >= 0.3 is 5.97 Å². The van der Waals surface area contributed by atoms with Crippen LogP contribution in [0, 0.1) is 0 Å². The van der Waals surface area contributed by atoms with Crippen molar-refractivity contribution >= 4 is 18.1 Å². The maximum atomic E-state index is 11.0. The number of benzene rings is 2. The van der Waals surface area contributed by atoms with Gasteiger partial charge in [0.15, 0.2) is 11.5 Å². The van der Waals surface area contributed by atoms with E-state index in [1.807, 2.05) is 0 Å². The van der Waals surface area contributed by atoms with E-state index < -0.39 is 5.97 Å². The molecule has 130 valence electrons. The van der Waals surface area contributed by atoms with Crippen LogP contribution < -0.4 is 14.9 Å². The minimum atomic E-state index is -0.984. The molecule has 0 fully saturated rings. The molecule has 0 aromatic heterocycles. The summed E-state index contributed by atoms with van der Waals surface area (Å²) in [6, 6.07) is 11.7. The van der Waals surface area contributed by atoms with Crippen LogP contribution in [0.15, 0.2) is 47.6 Å². The number of hydrazone groups is 1. The molecule has 7 heteroatoms. The number of carbonyl (C=O) groups is 2. The summed E-state index contributed by atoms with van der Waals surface area (Å²) in [7, 11) is 1.52. The fourth-order valence-corrected chi connectivity index (χ4v) is 2.04. The van der Waals surface area contributed by atoms with Crippen molar-refractivity contribution in [2.45, 2.75) is 13.5 Å². The third-order valence-electron chi connectivity index (χ3n) is 3.19. The Morgan fingerprint density at radius 1 is 1.20 bits per heavy atom. The van der Waals surface area contributed by atoms with Gasteiger partial charge in [-0.15, -0.1) is 0 Å². The van der Waals surface area contributed by atoms with Gasteiger partial charge in [-0.05, 0) is 41.5 Å². The second-order valence-corrected chi connectivity index (χ2v) is 5.13. The number of aromatic carboxylic acids is 1. The lowest BCUT2D eigenvalue weighted by atomic mass is 10.1. The van der Waals surface area contributed by atoms with Gasteiger partial charge in [0, 0.05) is 6.92 Å². The van der Waals surface area contributed by atoms with Crippen molar-refractivity contribution in [3.05, 3.63) is 59.2 Å². The molecule has 2 aromatic carbocycles. The summed E-state index contributed by atoms with van der Waals surface area (Å²) in [4.78, 5) is 21.8. The summed E-state index contributed by atoms with van der Waals surface area (Å²) in [6.45, 7) is 1.57. The van der Waals surface area contributed by atoms with Crippen molar-refractivity contribution in [3.8, 4) is 11.5 Å². The fraction of sp³-hybridized carbons (Fsp3) is 0.167.